The highest BCUT2D eigenvalue weighted by molar-refractivity contribution is 6.15. The molecule has 4 aliphatic rings. The molecule has 0 atom stereocenters. The zero-order chi connectivity index (χ0) is 24.0. The highest BCUT2D eigenvalue weighted by atomic mass is 15.1. The Kier molecular flexibility index (Phi) is 4.39. The van der Waals surface area contributed by atoms with E-state index in [-0.39, 0.29) is 0 Å². The molecule has 0 aliphatic carbocycles. The second-order valence-corrected chi connectivity index (χ2v) is 11.4. The summed E-state index contributed by atoms with van der Waals surface area (Å²) in [5.41, 5.74) is 16.8. The summed E-state index contributed by atoms with van der Waals surface area (Å²) >= 11 is 0. The molecule has 0 saturated carbocycles. The van der Waals surface area contributed by atoms with Crippen molar-refractivity contribution in [3.8, 4) is 11.1 Å². The number of hydrogen-bond acceptors (Lipinski definition) is 3. The molecule has 0 unspecified atom stereocenters. The van der Waals surface area contributed by atoms with Crippen LogP contribution in [0.25, 0.3) is 39.0 Å². The Morgan fingerprint density at radius 2 is 1.47 bits per heavy atom. The third-order valence-electron chi connectivity index (χ3n) is 9.10. The van der Waals surface area contributed by atoms with Crippen molar-refractivity contribution in [2.75, 3.05) is 36.0 Å². The first-order valence-corrected chi connectivity index (χ1v) is 13.9. The van der Waals surface area contributed by atoms with Crippen molar-refractivity contribution < 1.29 is 0 Å². The van der Waals surface area contributed by atoms with Crippen LogP contribution >= 0.6 is 0 Å². The highest BCUT2D eigenvalue weighted by Gasteiger charge is 2.30. The molecule has 8 rings (SSSR count). The van der Waals surface area contributed by atoms with Gasteiger partial charge in [0.05, 0.1) is 11.0 Å². The van der Waals surface area contributed by atoms with E-state index in [1.54, 1.807) is 5.56 Å². The lowest BCUT2D eigenvalue weighted by atomic mass is 9.83. The number of hydrogen-bond donors (Lipinski definition) is 0. The lowest BCUT2D eigenvalue weighted by molar-refractivity contribution is 0.636. The molecule has 36 heavy (non-hydrogen) atoms. The lowest BCUT2D eigenvalue weighted by Crippen LogP contribution is -2.34. The first-order valence-electron chi connectivity index (χ1n) is 13.9. The van der Waals surface area contributed by atoms with Gasteiger partial charge in [0.2, 0.25) is 0 Å². The van der Waals surface area contributed by atoms with Crippen molar-refractivity contribution in [1.29, 1.82) is 0 Å². The molecule has 0 spiro atoms. The summed E-state index contributed by atoms with van der Waals surface area (Å²) < 4.78 is 0. The van der Waals surface area contributed by atoms with Crippen molar-refractivity contribution in [2.45, 2.75) is 52.4 Å². The number of aryl methyl sites for hydroxylation is 5. The topological polar surface area (TPSA) is 19.4 Å². The number of rotatable bonds is 1. The van der Waals surface area contributed by atoms with E-state index in [4.69, 9.17) is 4.98 Å². The van der Waals surface area contributed by atoms with Crippen molar-refractivity contribution >= 4 is 39.3 Å². The summed E-state index contributed by atoms with van der Waals surface area (Å²) in [4.78, 5) is 10.8. The van der Waals surface area contributed by atoms with Crippen molar-refractivity contribution in [3.63, 3.8) is 0 Å². The lowest BCUT2D eigenvalue weighted by Gasteiger charge is -2.38. The maximum atomic E-state index is 5.60. The molecule has 3 heteroatoms. The molecule has 0 amide bonds. The number of nitrogens with zero attached hydrogens (tertiary/aromatic N) is 3. The first kappa shape index (κ1) is 20.8. The Bertz CT molecular complexity index is 1620. The van der Waals surface area contributed by atoms with Gasteiger partial charge in [-0.3, -0.25) is 0 Å². The van der Waals surface area contributed by atoms with Crippen LogP contribution in [-0.4, -0.2) is 31.2 Å². The SMILES string of the molecule is Cc1ccc(-c2c3cc4c5c(c3nc3c6c7c(cc23)CCCN7CCC6)C=CCN5CCC4)c(C)c1. The van der Waals surface area contributed by atoms with Gasteiger partial charge in [-0.05, 0) is 86.8 Å². The average Bonchev–Trinajstić information content (AvgIpc) is 2.89. The number of fused-ring (bicyclic) bond motifs is 4. The number of anilines is 2. The Hall–Kier alpha value is -3.33. The van der Waals surface area contributed by atoms with Gasteiger partial charge in [-0.15, -0.1) is 0 Å². The first-order chi connectivity index (χ1) is 17.7. The maximum absolute atomic E-state index is 5.60. The van der Waals surface area contributed by atoms with Gasteiger partial charge in [0, 0.05) is 65.0 Å². The van der Waals surface area contributed by atoms with Gasteiger partial charge in [-0.2, -0.15) is 0 Å². The Morgan fingerprint density at radius 3 is 2.28 bits per heavy atom. The Labute approximate surface area is 213 Å². The van der Waals surface area contributed by atoms with Crippen molar-refractivity contribution in [2.24, 2.45) is 0 Å². The highest BCUT2D eigenvalue weighted by Crippen LogP contribution is 2.48. The van der Waals surface area contributed by atoms with E-state index in [1.165, 1.54) is 111 Å². The standard InChI is InChI=1S/C33H33N3/c1-20-11-12-24(21(2)17-20)29-27-18-22-7-3-13-35-15-5-9-25(32(22)35)30(27)34-31-26-10-6-16-36-14-4-8-23(33(26)36)19-28(29)31/h5,9,11-12,17-19H,3-4,6-8,10,13-16H2,1-2H3. The van der Waals surface area contributed by atoms with E-state index in [9.17, 15) is 0 Å². The minimum Gasteiger partial charge on any atom is -0.371 e. The van der Waals surface area contributed by atoms with Gasteiger partial charge in [-0.25, -0.2) is 4.98 Å². The predicted molar refractivity (Wildman–Crippen MR) is 153 cm³/mol. The normalized spacial score (nSPS) is 18.1. The van der Waals surface area contributed by atoms with E-state index in [0.717, 1.165) is 25.9 Å². The Morgan fingerprint density at radius 1 is 0.750 bits per heavy atom. The van der Waals surface area contributed by atoms with E-state index < -0.39 is 0 Å². The van der Waals surface area contributed by atoms with Crippen LogP contribution in [0.2, 0.25) is 0 Å². The summed E-state index contributed by atoms with van der Waals surface area (Å²) in [6.45, 7) is 9.06. The fourth-order valence-electron chi connectivity index (χ4n) is 7.63. The van der Waals surface area contributed by atoms with Crippen LogP contribution in [0.5, 0.6) is 0 Å². The molecular formula is C33H33N3. The molecule has 3 nitrogen and oxygen atoms in total. The van der Waals surface area contributed by atoms with Crippen LogP contribution in [0.4, 0.5) is 11.4 Å². The third-order valence-corrected chi connectivity index (χ3v) is 9.10. The van der Waals surface area contributed by atoms with Crippen LogP contribution in [0, 0.1) is 13.8 Å². The van der Waals surface area contributed by atoms with Gasteiger partial charge in [-0.1, -0.05) is 35.9 Å². The molecule has 0 radical (unpaired) electrons. The van der Waals surface area contributed by atoms with Crippen LogP contribution in [0.1, 0.15) is 52.6 Å². The molecule has 0 fully saturated rings. The largest absolute Gasteiger partial charge is 0.371 e. The maximum Gasteiger partial charge on any atom is 0.0809 e. The molecule has 180 valence electrons. The average molecular weight is 472 g/mol. The molecule has 4 aliphatic heterocycles. The summed E-state index contributed by atoms with van der Waals surface area (Å²) in [6.07, 6.45) is 11.9. The second kappa shape index (κ2) is 7.59. The van der Waals surface area contributed by atoms with E-state index in [1.807, 2.05) is 0 Å². The van der Waals surface area contributed by atoms with Gasteiger partial charge in [0.1, 0.15) is 0 Å². The molecule has 1 aromatic heterocycles. The van der Waals surface area contributed by atoms with Crippen LogP contribution in [0.15, 0.2) is 36.4 Å². The summed E-state index contributed by atoms with van der Waals surface area (Å²) in [7, 11) is 0. The fourth-order valence-corrected chi connectivity index (χ4v) is 7.63. The molecule has 0 bridgehead atoms. The third kappa shape index (κ3) is 2.83. The van der Waals surface area contributed by atoms with E-state index >= 15 is 0 Å². The summed E-state index contributed by atoms with van der Waals surface area (Å²) in [5, 5.41) is 2.71. The van der Waals surface area contributed by atoms with Gasteiger partial charge < -0.3 is 9.80 Å². The molecule has 4 aromatic rings. The quantitative estimate of drug-likeness (QED) is 0.275. The zero-order valence-corrected chi connectivity index (χ0v) is 21.5. The summed E-state index contributed by atoms with van der Waals surface area (Å²) in [6, 6.07) is 12.0. The monoisotopic (exact) mass is 471 g/mol. The molecule has 0 saturated heterocycles. The predicted octanol–water partition coefficient (Wildman–Crippen LogP) is 7.15. The van der Waals surface area contributed by atoms with E-state index in [2.05, 4.69) is 66.1 Å². The minimum absolute atomic E-state index is 1.02. The molecule has 5 heterocycles. The van der Waals surface area contributed by atoms with Gasteiger partial charge in [0.15, 0.2) is 0 Å². The van der Waals surface area contributed by atoms with Crippen LogP contribution in [-0.2, 0) is 19.3 Å². The number of benzene rings is 3. The molecule has 3 aromatic carbocycles. The van der Waals surface area contributed by atoms with Crippen molar-refractivity contribution in [1.82, 2.24) is 4.98 Å². The van der Waals surface area contributed by atoms with Crippen LogP contribution in [0.3, 0.4) is 0 Å². The number of pyridine rings is 1. The summed E-state index contributed by atoms with van der Waals surface area (Å²) in [5.74, 6) is 0. The zero-order valence-electron chi connectivity index (χ0n) is 21.5. The fraction of sp³-hybridized carbons (Fsp3) is 0.364. The van der Waals surface area contributed by atoms with E-state index in [0.29, 0.717) is 0 Å². The van der Waals surface area contributed by atoms with Crippen LogP contribution < -0.4 is 9.80 Å². The molecule has 0 N–H and O–H groups in total. The smallest absolute Gasteiger partial charge is 0.0809 e. The van der Waals surface area contributed by atoms with Crippen molar-refractivity contribution in [3.05, 3.63) is 69.8 Å². The van der Waals surface area contributed by atoms with Gasteiger partial charge in [0.25, 0.3) is 0 Å². The number of aromatic nitrogens is 1. The molecular weight excluding hydrogens is 438 g/mol. The minimum atomic E-state index is 1.02. The Balaban J connectivity index is 1.58. The second-order valence-electron chi connectivity index (χ2n) is 11.4. The van der Waals surface area contributed by atoms with Gasteiger partial charge >= 0.3 is 0 Å².